The molecule has 1 aliphatic rings. The number of para-hydroxylation sites is 1. The van der Waals surface area contributed by atoms with Gasteiger partial charge in [0.25, 0.3) is 5.91 Å². The zero-order valence-electron chi connectivity index (χ0n) is 16.5. The lowest BCUT2D eigenvalue weighted by molar-refractivity contribution is -0.121. The van der Waals surface area contributed by atoms with Gasteiger partial charge in [-0.05, 0) is 50.5 Å². The molecule has 7 heteroatoms. The number of halogens is 2. The minimum atomic E-state index is -2.98. The molecule has 0 radical (unpaired) electrons. The molecule has 2 aromatic rings. The first kappa shape index (κ1) is 20.8. The van der Waals surface area contributed by atoms with Crippen molar-refractivity contribution in [3.63, 3.8) is 0 Å². The molecule has 0 unspecified atom stereocenters. The van der Waals surface area contributed by atoms with E-state index in [4.69, 9.17) is 0 Å². The molecule has 0 bridgehead atoms. The Morgan fingerprint density at radius 1 is 1.14 bits per heavy atom. The molecule has 0 aromatic heterocycles. The monoisotopic (exact) mass is 402 g/mol. The Hall–Kier alpha value is -2.96. The van der Waals surface area contributed by atoms with Gasteiger partial charge in [0, 0.05) is 18.7 Å². The molecule has 1 heterocycles. The number of hydrogen-bond donors (Lipinski definition) is 1. The molecule has 5 nitrogen and oxygen atoms in total. The van der Waals surface area contributed by atoms with E-state index in [0.717, 1.165) is 5.56 Å². The summed E-state index contributed by atoms with van der Waals surface area (Å²) >= 11 is 0. The topological polar surface area (TPSA) is 58.6 Å². The highest BCUT2D eigenvalue weighted by Crippen LogP contribution is 2.31. The normalized spacial score (nSPS) is 16.6. The molecule has 154 valence electrons. The first-order valence-corrected chi connectivity index (χ1v) is 9.56. The number of likely N-dealkylation sites (tertiary alicyclic amines) is 1. The smallest absolute Gasteiger partial charge is 0.387 e. The summed E-state index contributed by atoms with van der Waals surface area (Å²) in [7, 11) is 0. The second-order valence-electron chi connectivity index (χ2n) is 7.27. The number of ether oxygens (including phenoxy) is 1. The lowest BCUT2D eigenvalue weighted by Crippen LogP contribution is -2.43. The fourth-order valence-corrected chi connectivity index (χ4v) is 3.47. The molecule has 0 saturated carbocycles. The van der Waals surface area contributed by atoms with Gasteiger partial charge in [0.15, 0.2) is 0 Å². The summed E-state index contributed by atoms with van der Waals surface area (Å²) in [6, 6.07) is 12.0. The maximum absolute atomic E-state index is 12.8. The van der Waals surface area contributed by atoms with Crippen molar-refractivity contribution in [2.45, 2.75) is 33.3 Å². The first-order chi connectivity index (χ1) is 13.8. The quantitative estimate of drug-likeness (QED) is 0.807. The maximum atomic E-state index is 12.8. The number of amides is 2. The molecule has 1 saturated heterocycles. The van der Waals surface area contributed by atoms with Gasteiger partial charge in [-0.2, -0.15) is 8.78 Å². The number of hydrogen-bond acceptors (Lipinski definition) is 3. The zero-order valence-corrected chi connectivity index (χ0v) is 16.5. The van der Waals surface area contributed by atoms with Gasteiger partial charge in [0.1, 0.15) is 5.75 Å². The molecule has 1 fully saturated rings. The third-order valence-electron chi connectivity index (χ3n) is 5.08. The molecule has 1 atom stereocenters. The molecule has 2 amide bonds. The number of carbonyl (C=O) groups excluding carboxylic acids is 2. The van der Waals surface area contributed by atoms with Crippen molar-refractivity contribution in [1.82, 2.24) is 4.90 Å². The van der Waals surface area contributed by atoms with E-state index in [-0.39, 0.29) is 29.8 Å². The molecular formula is C22H24F2N2O3. The molecule has 0 spiro atoms. The number of rotatable bonds is 5. The van der Waals surface area contributed by atoms with Gasteiger partial charge in [-0.15, -0.1) is 0 Å². The van der Waals surface area contributed by atoms with Gasteiger partial charge >= 0.3 is 6.61 Å². The van der Waals surface area contributed by atoms with Crippen molar-refractivity contribution in [2.75, 3.05) is 18.4 Å². The number of carbonyl (C=O) groups is 2. The molecular weight excluding hydrogens is 378 g/mol. The highest BCUT2D eigenvalue weighted by Gasteiger charge is 2.29. The van der Waals surface area contributed by atoms with Crippen LogP contribution in [0.15, 0.2) is 42.5 Å². The maximum Gasteiger partial charge on any atom is 0.387 e. The number of nitrogens with one attached hydrogen (secondary N) is 1. The zero-order chi connectivity index (χ0) is 21.0. The summed E-state index contributed by atoms with van der Waals surface area (Å²) in [6.07, 6.45) is 1.32. The van der Waals surface area contributed by atoms with Gasteiger partial charge < -0.3 is 15.0 Å². The third kappa shape index (κ3) is 5.10. The predicted octanol–water partition coefficient (Wildman–Crippen LogP) is 4.40. The van der Waals surface area contributed by atoms with Gasteiger partial charge in [-0.1, -0.05) is 29.8 Å². The number of aryl methyl sites for hydroxylation is 2. The van der Waals surface area contributed by atoms with Gasteiger partial charge in [0.2, 0.25) is 5.91 Å². The van der Waals surface area contributed by atoms with Crippen molar-refractivity contribution in [2.24, 2.45) is 5.92 Å². The van der Waals surface area contributed by atoms with Crippen LogP contribution >= 0.6 is 0 Å². The summed E-state index contributed by atoms with van der Waals surface area (Å²) in [6.45, 7) is 1.55. The van der Waals surface area contributed by atoms with E-state index in [1.165, 1.54) is 6.07 Å². The van der Waals surface area contributed by atoms with E-state index in [0.29, 0.717) is 30.5 Å². The molecule has 0 aliphatic carbocycles. The Balaban J connectivity index is 1.70. The van der Waals surface area contributed by atoms with Crippen LogP contribution in [0, 0.1) is 19.8 Å². The van der Waals surface area contributed by atoms with Crippen LogP contribution in [0.4, 0.5) is 14.5 Å². The fourth-order valence-electron chi connectivity index (χ4n) is 3.47. The average molecular weight is 402 g/mol. The highest BCUT2D eigenvalue weighted by atomic mass is 19.3. The largest absolute Gasteiger partial charge is 0.433 e. The highest BCUT2D eigenvalue weighted by molar-refractivity contribution is 5.97. The van der Waals surface area contributed by atoms with Gasteiger partial charge in [0.05, 0.1) is 11.6 Å². The van der Waals surface area contributed by atoms with E-state index in [2.05, 4.69) is 10.1 Å². The minimum absolute atomic E-state index is 0.0725. The van der Waals surface area contributed by atoms with Crippen LogP contribution in [0.1, 0.15) is 34.3 Å². The minimum Gasteiger partial charge on any atom is -0.433 e. The van der Waals surface area contributed by atoms with Crippen LogP contribution in [-0.2, 0) is 4.79 Å². The van der Waals surface area contributed by atoms with Crippen molar-refractivity contribution >= 4 is 17.5 Å². The Kier molecular flexibility index (Phi) is 6.46. The van der Waals surface area contributed by atoms with Crippen LogP contribution in [-0.4, -0.2) is 36.4 Å². The lowest BCUT2D eigenvalue weighted by Gasteiger charge is -2.32. The van der Waals surface area contributed by atoms with Crippen LogP contribution in [0.2, 0.25) is 0 Å². The Labute approximate surface area is 168 Å². The van der Waals surface area contributed by atoms with E-state index in [1.807, 2.05) is 19.1 Å². The third-order valence-corrected chi connectivity index (χ3v) is 5.08. The Bertz CT molecular complexity index is 884. The molecule has 3 rings (SSSR count). The molecule has 29 heavy (non-hydrogen) atoms. The summed E-state index contributed by atoms with van der Waals surface area (Å²) in [5, 5.41) is 2.73. The Morgan fingerprint density at radius 3 is 2.55 bits per heavy atom. The van der Waals surface area contributed by atoms with Crippen molar-refractivity contribution < 1.29 is 23.1 Å². The van der Waals surface area contributed by atoms with E-state index in [1.54, 1.807) is 36.1 Å². The summed E-state index contributed by atoms with van der Waals surface area (Å²) in [5.41, 5.74) is 2.51. The van der Waals surface area contributed by atoms with E-state index < -0.39 is 12.5 Å². The van der Waals surface area contributed by atoms with Crippen molar-refractivity contribution in [3.8, 4) is 5.75 Å². The molecule has 2 aromatic carbocycles. The van der Waals surface area contributed by atoms with E-state index in [9.17, 15) is 18.4 Å². The fraction of sp³-hybridized carbons (Fsp3) is 0.364. The van der Waals surface area contributed by atoms with Crippen LogP contribution in [0.25, 0.3) is 0 Å². The van der Waals surface area contributed by atoms with E-state index >= 15 is 0 Å². The summed E-state index contributed by atoms with van der Waals surface area (Å²) in [4.78, 5) is 27.2. The molecule has 1 aliphatic heterocycles. The number of anilines is 1. The lowest BCUT2D eigenvalue weighted by atomic mass is 9.96. The van der Waals surface area contributed by atoms with Crippen LogP contribution < -0.4 is 10.1 Å². The number of piperidine rings is 1. The second kappa shape index (κ2) is 9.03. The number of alkyl halides is 2. The average Bonchev–Trinajstić information content (AvgIpc) is 2.70. The van der Waals surface area contributed by atoms with Gasteiger partial charge in [-0.3, -0.25) is 9.59 Å². The standard InChI is InChI=1S/C22H24F2N2O3/c1-14-8-10-16(11-9-14)21(28)26-12-4-6-17(13-26)20(27)25-19-15(2)5-3-7-18(19)29-22(23)24/h3,5,7-11,17,22H,4,6,12-13H2,1-2H3,(H,25,27)/t17-/m0/s1. The summed E-state index contributed by atoms with van der Waals surface area (Å²) in [5.74, 6) is -0.908. The number of nitrogens with zero attached hydrogens (tertiary/aromatic N) is 1. The summed E-state index contributed by atoms with van der Waals surface area (Å²) < 4.78 is 29.9. The van der Waals surface area contributed by atoms with Crippen molar-refractivity contribution in [1.29, 1.82) is 0 Å². The SMILES string of the molecule is Cc1ccc(C(=O)N2CCC[C@H](C(=O)Nc3c(C)cccc3OC(F)F)C2)cc1. The van der Waals surface area contributed by atoms with Crippen LogP contribution in [0.3, 0.4) is 0 Å². The van der Waals surface area contributed by atoms with Gasteiger partial charge in [-0.25, -0.2) is 0 Å². The van der Waals surface area contributed by atoms with Crippen molar-refractivity contribution in [3.05, 3.63) is 59.2 Å². The first-order valence-electron chi connectivity index (χ1n) is 9.56. The predicted molar refractivity (Wildman–Crippen MR) is 106 cm³/mol. The number of benzene rings is 2. The van der Waals surface area contributed by atoms with Crippen LogP contribution in [0.5, 0.6) is 5.75 Å². The second-order valence-corrected chi connectivity index (χ2v) is 7.27. The molecule has 1 N–H and O–H groups in total. The Morgan fingerprint density at radius 2 is 1.86 bits per heavy atom.